The molecule has 2 amide bonds. The van der Waals surface area contributed by atoms with E-state index in [4.69, 9.17) is 4.98 Å². The summed E-state index contributed by atoms with van der Waals surface area (Å²) in [6, 6.07) is 20.6. The van der Waals surface area contributed by atoms with Gasteiger partial charge in [-0.1, -0.05) is 30.3 Å². The van der Waals surface area contributed by atoms with Crippen LogP contribution in [0.15, 0.2) is 97.7 Å². The number of carbonyl (C=O) groups is 2. The first-order chi connectivity index (χ1) is 18.5. The van der Waals surface area contributed by atoms with E-state index in [0.717, 1.165) is 28.2 Å². The van der Waals surface area contributed by atoms with Crippen molar-refractivity contribution in [3.8, 4) is 16.8 Å². The molecule has 38 heavy (non-hydrogen) atoms. The summed E-state index contributed by atoms with van der Waals surface area (Å²) in [5.74, 6) is 0.0896. The van der Waals surface area contributed by atoms with Gasteiger partial charge in [0.2, 0.25) is 11.9 Å². The Kier molecular flexibility index (Phi) is 7.35. The lowest BCUT2D eigenvalue weighted by Crippen LogP contribution is -2.15. The predicted octanol–water partition coefficient (Wildman–Crippen LogP) is 4.88. The third kappa shape index (κ3) is 6.01. The first-order valence-corrected chi connectivity index (χ1v) is 12.3. The van der Waals surface area contributed by atoms with Gasteiger partial charge in [0.1, 0.15) is 0 Å². The second-order valence-corrected chi connectivity index (χ2v) is 8.84. The molecule has 9 nitrogen and oxygen atoms in total. The Bertz CT molecular complexity index is 1540. The molecule has 0 atom stereocenters. The Morgan fingerprint density at radius 2 is 1.71 bits per heavy atom. The molecular formula is C29H27N7O2. The van der Waals surface area contributed by atoms with Crippen LogP contribution >= 0.6 is 0 Å². The molecule has 0 radical (unpaired) electrons. The number of rotatable bonds is 9. The molecule has 2 aromatic carbocycles. The Balaban J connectivity index is 1.30. The van der Waals surface area contributed by atoms with E-state index in [1.54, 1.807) is 41.5 Å². The van der Waals surface area contributed by atoms with Crippen LogP contribution in [0.25, 0.3) is 16.8 Å². The van der Waals surface area contributed by atoms with Crippen molar-refractivity contribution in [2.45, 2.75) is 19.3 Å². The van der Waals surface area contributed by atoms with Gasteiger partial charge in [-0.15, -0.1) is 0 Å². The molecule has 0 saturated carbocycles. The van der Waals surface area contributed by atoms with Crippen molar-refractivity contribution < 1.29 is 9.59 Å². The summed E-state index contributed by atoms with van der Waals surface area (Å²) < 4.78 is 3.58. The molecule has 5 rings (SSSR count). The summed E-state index contributed by atoms with van der Waals surface area (Å²) in [6.45, 7) is 0. The van der Waals surface area contributed by atoms with Crippen LogP contribution in [0.2, 0.25) is 0 Å². The van der Waals surface area contributed by atoms with Crippen LogP contribution in [0.1, 0.15) is 28.9 Å². The molecule has 0 aliphatic rings. The second-order valence-electron chi connectivity index (χ2n) is 8.84. The van der Waals surface area contributed by atoms with E-state index < -0.39 is 0 Å². The Morgan fingerprint density at radius 3 is 2.47 bits per heavy atom. The minimum absolute atomic E-state index is 0.0688. The quantitative estimate of drug-likeness (QED) is 0.297. The monoisotopic (exact) mass is 505 g/mol. The number of benzene rings is 2. The summed E-state index contributed by atoms with van der Waals surface area (Å²) in [4.78, 5) is 34.2. The van der Waals surface area contributed by atoms with Crippen molar-refractivity contribution in [1.29, 1.82) is 0 Å². The molecule has 0 unspecified atom stereocenters. The standard InChI is InChI=1S/C29H27N7O2/c1-35-19-23(18-31-35)21-7-5-8-22(17-21)28(38)34-29-33-25(20-36(29)26-10-3-2-4-11-26)9-6-12-27(37)32-24-13-15-30-16-14-24/h2-5,7-8,10-11,13-20H,6,9,12H2,1H3,(H,30,32,37)(H,33,34,38). The van der Waals surface area contributed by atoms with Gasteiger partial charge in [0.15, 0.2) is 0 Å². The molecule has 9 heteroatoms. The van der Waals surface area contributed by atoms with Crippen molar-refractivity contribution in [3.05, 3.63) is 109 Å². The lowest BCUT2D eigenvalue weighted by atomic mass is 10.1. The normalized spacial score (nSPS) is 10.8. The molecule has 5 aromatic rings. The number of aryl methyl sites for hydroxylation is 2. The van der Waals surface area contributed by atoms with E-state index in [9.17, 15) is 9.59 Å². The van der Waals surface area contributed by atoms with E-state index in [1.165, 1.54) is 0 Å². The van der Waals surface area contributed by atoms with Gasteiger partial charge >= 0.3 is 0 Å². The Morgan fingerprint density at radius 1 is 0.895 bits per heavy atom. The highest BCUT2D eigenvalue weighted by Gasteiger charge is 2.15. The maximum absolute atomic E-state index is 13.2. The summed E-state index contributed by atoms with van der Waals surface area (Å²) in [5, 5.41) is 10.0. The first kappa shape index (κ1) is 24.6. The Hall–Kier alpha value is -5.05. The van der Waals surface area contributed by atoms with Gasteiger partial charge in [-0.25, -0.2) is 4.98 Å². The highest BCUT2D eigenvalue weighted by molar-refractivity contribution is 6.04. The summed E-state index contributed by atoms with van der Waals surface area (Å²) >= 11 is 0. The zero-order chi connectivity index (χ0) is 26.3. The highest BCUT2D eigenvalue weighted by Crippen LogP contribution is 2.22. The second kappa shape index (κ2) is 11.3. The fraction of sp³-hybridized carbons (Fsp3) is 0.138. The number of nitrogens with zero attached hydrogens (tertiary/aromatic N) is 5. The van der Waals surface area contributed by atoms with Crippen LogP contribution in [-0.2, 0) is 18.3 Å². The third-order valence-corrected chi connectivity index (χ3v) is 5.98. The van der Waals surface area contributed by atoms with Crippen LogP contribution < -0.4 is 10.6 Å². The molecule has 0 spiro atoms. The number of amides is 2. The van der Waals surface area contributed by atoms with Gasteiger partial charge in [-0.05, 0) is 54.8 Å². The topological polar surface area (TPSA) is 107 Å². The maximum Gasteiger partial charge on any atom is 0.258 e. The van der Waals surface area contributed by atoms with Crippen molar-refractivity contribution >= 4 is 23.5 Å². The van der Waals surface area contributed by atoms with Gasteiger partial charge in [0.05, 0.1) is 11.9 Å². The molecule has 3 heterocycles. The first-order valence-electron chi connectivity index (χ1n) is 12.3. The largest absolute Gasteiger partial charge is 0.326 e. The van der Waals surface area contributed by atoms with Crippen molar-refractivity contribution in [2.75, 3.05) is 10.6 Å². The third-order valence-electron chi connectivity index (χ3n) is 5.98. The van der Waals surface area contributed by atoms with Crippen molar-refractivity contribution in [3.63, 3.8) is 0 Å². The van der Waals surface area contributed by atoms with Gasteiger partial charge in [0.25, 0.3) is 5.91 Å². The zero-order valence-electron chi connectivity index (χ0n) is 20.9. The average Bonchev–Trinajstić information content (AvgIpc) is 3.56. The van der Waals surface area contributed by atoms with Crippen molar-refractivity contribution in [2.24, 2.45) is 7.05 Å². The van der Waals surface area contributed by atoms with Crippen LogP contribution in [0.4, 0.5) is 11.6 Å². The maximum atomic E-state index is 13.2. The van der Waals surface area contributed by atoms with E-state index in [0.29, 0.717) is 30.8 Å². The van der Waals surface area contributed by atoms with Crippen molar-refractivity contribution in [1.82, 2.24) is 24.3 Å². The molecule has 3 aromatic heterocycles. The number of anilines is 2. The smallest absolute Gasteiger partial charge is 0.258 e. The molecule has 0 bridgehead atoms. The highest BCUT2D eigenvalue weighted by atomic mass is 16.2. The SMILES string of the molecule is Cn1cc(-c2cccc(C(=O)Nc3nc(CCCC(=O)Nc4ccncc4)cn3-c3ccccc3)c2)cn1. The molecule has 0 fully saturated rings. The number of carbonyl (C=O) groups excluding carboxylic acids is 2. The van der Waals surface area contributed by atoms with Crippen LogP contribution in [-0.4, -0.2) is 36.1 Å². The molecule has 2 N–H and O–H groups in total. The van der Waals surface area contributed by atoms with E-state index >= 15 is 0 Å². The van der Waals surface area contributed by atoms with E-state index in [1.807, 2.05) is 72.5 Å². The lowest BCUT2D eigenvalue weighted by molar-refractivity contribution is -0.116. The number of pyridine rings is 1. The minimum Gasteiger partial charge on any atom is -0.326 e. The molecule has 0 aliphatic heterocycles. The number of aromatic nitrogens is 5. The number of hydrogen-bond acceptors (Lipinski definition) is 5. The van der Waals surface area contributed by atoms with Crippen LogP contribution in [0.3, 0.4) is 0 Å². The van der Waals surface area contributed by atoms with Gasteiger partial charge in [-0.3, -0.25) is 29.1 Å². The lowest BCUT2D eigenvalue weighted by Gasteiger charge is -2.09. The fourth-order valence-electron chi connectivity index (χ4n) is 4.10. The molecule has 0 saturated heterocycles. The fourth-order valence-corrected chi connectivity index (χ4v) is 4.10. The summed E-state index contributed by atoms with van der Waals surface area (Å²) in [7, 11) is 1.86. The molecular weight excluding hydrogens is 478 g/mol. The van der Waals surface area contributed by atoms with E-state index in [-0.39, 0.29) is 11.8 Å². The summed E-state index contributed by atoms with van der Waals surface area (Å²) in [6.07, 6.45) is 10.4. The van der Waals surface area contributed by atoms with Gasteiger partial charge in [0, 0.05) is 60.8 Å². The van der Waals surface area contributed by atoms with Crippen LogP contribution in [0, 0.1) is 0 Å². The van der Waals surface area contributed by atoms with Crippen LogP contribution in [0.5, 0.6) is 0 Å². The summed E-state index contributed by atoms with van der Waals surface area (Å²) in [5.41, 5.74) is 4.73. The van der Waals surface area contributed by atoms with Gasteiger partial charge in [-0.2, -0.15) is 5.10 Å². The number of para-hydroxylation sites is 1. The number of imidazole rings is 1. The predicted molar refractivity (Wildman–Crippen MR) is 146 cm³/mol. The minimum atomic E-state index is -0.262. The zero-order valence-corrected chi connectivity index (χ0v) is 20.9. The molecule has 0 aliphatic carbocycles. The number of hydrogen-bond donors (Lipinski definition) is 2. The Labute approximate surface area is 220 Å². The number of nitrogens with one attached hydrogen (secondary N) is 2. The molecule has 190 valence electrons. The van der Waals surface area contributed by atoms with E-state index in [2.05, 4.69) is 20.7 Å². The van der Waals surface area contributed by atoms with Gasteiger partial charge < -0.3 is 5.32 Å². The average molecular weight is 506 g/mol.